The zero-order valence-corrected chi connectivity index (χ0v) is 10.8. The van der Waals surface area contributed by atoms with Crippen molar-refractivity contribution in [2.24, 2.45) is 11.7 Å². The van der Waals surface area contributed by atoms with Crippen LogP contribution in [-0.4, -0.2) is 29.9 Å². The smallest absolute Gasteiger partial charge is 0.0947 e. The number of amidine groups is 1. The fraction of sp³-hybridized carbons (Fsp3) is 0.923. The quantitative estimate of drug-likeness (QED) is 0.429. The molecule has 0 amide bonds. The van der Waals surface area contributed by atoms with Crippen LogP contribution < -0.4 is 5.73 Å². The molecule has 1 fully saturated rings. The van der Waals surface area contributed by atoms with Gasteiger partial charge in [-0.05, 0) is 19.4 Å². The van der Waals surface area contributed by atoms with Gasteiger partial charge in [0.2, 0.25) is 0 Å². The van der Waals surface area contributed by atoms with E-state index >= 15 is 0 Å². The van der Waals surface area contributed by atoms with E-state index < -0.39 is 0 Å². The van der Waals surface area contributed by atoms with E-state index in [1.807, 2.05) is 0 Å². The molecule has 0 aliphatic heterocycles. The van der Waals surface area contributed by atoms with E-state index in [9.17, 15) is 0 Å². The van der Waals surface area contributed by atoms with E-state index in [2.05, 4.69) is 18.7 Å². The maximum Gasteiger partial charge on any atom is 0.0947 e. The standard InChI is InChI=1S/C13H27N3/c1-3-16(10-11(2)13(14)15)12-8-6-4-5-7-9-12/h11-12H,3-10H2,1-2H3,(H3,14,15). The highest BCUT2D eigenvalue weighted by Gasteiger charge is 2.21. The van der Waals surface area contributed by atoms with Crippen LogP contribution in [0.2, 0.25) is 0 Å². The van der Waals surface area contributed by atoms with Gasteiger partial charge in [-0.2, -0.15) is 0 Å². The highest BCUT2D eigenvalue weighted by atomic mass is 15.2. The second-order valence-corrected chi connectivity index (χ2v) is 5.09. The molecule has 3 heteroatoms. The summed E-state index contributed by atoms with van der Waals surface area (Å²) in [7, 11) is 0. The lowest BCUT2D eigenvalue weighted by Gasteiger charge is -2.32. The number of nitrogens with one attached hydrogen (secondary N) is 1. The van der Waals surface area contributed by atoms with Gasteiger partial charge in [-0.1, -0.05) is 39.5 Å². The van der Waals surface area contributed by atoms with E-state index in [1.165, 1.54) is 38.5 Å². The third kappa shape index (κ3) is 4.12. The topological polar surface area (TPSA) is 53.1 Å². The van der Waals surface area contributed by atoms with Gasteiger partial charge in [0.1, 0.15) is 0 Å². The van der Waals surface area contributed by atoms with Crippen LogP contribution in [0.4, 0.5) is 0 Å². The molecule has 3 N–H and O–H groups in total. The second-order valence-electron chi connectivity index (χ2n) is 5.09. The molecule has 0 aromatic heterocycles. The molecule has 0 aromatic rings. The molecule has 1 rings (SSSR count). The molecule has 1 aliphatic rings. The summed E-state index contributed by atoms with van der Waals surface area (Å²) in [6, 6.07) is 0.731. The molecule has 0 radical (unpaired) electrons. The molecule has 1 saturated carbocycles. The van der Waals surface area contributed by atoms with Gasteiger partial charge >= 0.3 is 0 Å². The fourth-order valence-corrected chi connectivity index (χ4v) is 2.61. The van der Waals surface area contributed by atoms with Crippen molar-refractivity contribution in [2.45, 2.75) is 58.4 Å². The highest BCUT2D eigenvalue weighted by Crippen LogP contribution is 2.22. The van der Waals surface area contributed by atoms with E-state index in [4.69, 9.17) is 11.1 Å². The van der Waals surface area contributed by atoms with Crippen LogP contribution in [0.3, 0.4) is 0 Å². The summed E-state index contributed by atoms with van der Waals surface area (Å²) in [6.45, 7) is 6.32. The number of nitrogens with two attached hydrogens (primary N) is 1. The average molecular weight is 225 g/mol. The molecule has 1 aliphatic carbocycles. The van der Waals surface area contributed by atoms with Crippen LogP contribution in [0.1, 0.15) is 52.4 Å². The van der Waals surface area contributed by atoms with Gasteiger partial charge in [-0.15, -0.1) is 0 Å². The number of hydrogen-bond acceptors (Lipinski definition) is 2. The second kappa shape index (κ2) is 6.89. The van der Waals surface area contributed by atoms with Crippen LogP contribution >= 0.6 is 0 Å². The minimum Gasteiger partial charge on any atom is -0.387 e. The van der Waals surface area contributed by atoms with Gasteiger partial charge < -0.3 is 5.73 Å². The van der Waals surface area contributed by atoms with Crippen molar-refractivity contribution in [3.8, 4) is 0 Å². The molecule has 0 aromatic carbocycles. The van der Waals surface area contributed by atoms with Crippen molar-refractivity contribution < 1.29 is 0 Å². The van der Waals surface area contributed by atoms with Gasteiger partial charge in [0.05, 0.1) is 5.84 Å². The molecule has 0 saturated heterocycles. The van der Waals surface area contributed by atoms with Crippen LogP contribution in [0.25, 0.3) is 0 Å². The zero-order chi connectivity index (χ0) is 12.0. The monoisotopic (exact) mass is 225 g/mol. The molecule has 1 unspecified atom stereocenters. The minimum atomic E-state index is 0.197. The van der Waals surface area contributed by atoms with Crippen molar-refractivity contribution in [1.82, 2.24) is 4.90 Å². The Morgan fingerprint density at radius 3 is 2.31 bits per heavy atom. The number of rotatable bonds is 5. The Labute approximate surface area is 99.9 Å². The Morgan fingerprint density at radius 2 is 1.88 bits per heavy atom. The predicted octanol–water partition coefficient (Wildman–Crippen LogP) is 2.60. The number of nitrogens with zero attached hydrogens (tertiary/aromatic N) is 1. The molecule has 16 heavy (non-hydrogen) atoms. The lowest BCUT2D eigenvalue weighted by atomic mass is 10.0. The van der Waals surface area contributed by atoms with Gasteiger partial charge in [-0.3, -0.25) is 10.3 Å². The zero-order valence-electron chi connectivity index (χ0n) is 10.8. The Bertz CT molecular complexity index is 207. The predicted molar refractivity (Wildman–Crippen MR) is 69.8 cm³/mol. The van der Waals surface area contributed by atoms with Crippen molar-refractivity contribution in [3.63, 3.8) is 0 Å². The largest absolute Gasteiger partial charge is 0.387 e. The molecule has 3 nitrogen and oxygen atoms in total. The summed E-state index contributed by atoms with van der Waals surface area (Å²) < 4.78 is 0. The van der Waals surface area contributed by atoms with E-state index in [0.29, 0.717) is 5.84 Å². The van der Waals surface area contributed by atoms with Crippen LogP contribution in [-0.2, 0) is 0 Å². The summed E-state index contributed by atoms with van der Waals surface area (Å²) in [5.74, 6) is 0.523. The Balaban J connectivity index is 2.47. The van der Waals surface area contributed by atoms with Gasteiger partial charge in [0.15, 0.2) is 0 Å². The highest BCUT2D eigenvalue weighted by molar-refractivity contribution is 5.79. The first-order chi connectivity index (χ1) is 7.65. The van der Waals surface area contributed by atoms with Crippen LogP contribution in [0, 0.1) is 11.3 Å². The number of hydrogen-bond donors (Lipinski definition) is 2. The third-order valence-corrected chi connectivity index (χ3v) is 3.79. The molecule has 0 heterocycles. The molecular formula is C13H27N3. The lowest BCUT2D eigenvalue weighted by molar-refractivity contribution is 0.177. The van der Waals surface area contributed by atoms with E-state index in [-0.39, 0.29) is 5.92 Å². The van der Waals surface area contributed by atoms with Crippen molar-refractivity contribution in [3.05, 3.63) is 0 Å². The van der Waals surface area contributed by atoms with Crippen molar-refractivity contribution in [2.75, 3.05) is 13.1 Å². The maximum atomic E-state index is 7.48. The normalized spacial score (nSPS) is 20.7. The Hall–Kier alpha value is -0.570. The first kappa shape index (κ1) is 13.5. The Morgan fingerprint density at radius 1 is 1.31 bits per heavy atom. The van der Waals surface area contributed by atoms with E-state index in [0.717, 1.165) is 19.1 Å². The van der Waals surface area contributed by atoms with Crippen LogP contribution in [0.5, 0.6) is 0 Å². The summed E-state index contributed by atoms with van der Waals surface area (Å²) in [4.78, 5) is 2.53. The van der Waals surface area contributed by atoms with Gasteiger partial charge in [0.25, 0.3) is 0 Å². The summed E-state index contributed by atoms with van der Waals surface area (Å²) in [6.07, 6.45) is 8.20. The SMILES string of the molecule is CCN(CC(C)C(=N)N)C1CCCCCC1. The molecular weight excluding hydrogens is 198 g/mol. The summed E-state index contributed by atoms with van der Waals surface area (Å²) in [5.41, 5.74) is 5.56. The third-order valence-electron chi connectivity index (χ3n) is 3.79. The fourth-order valence-electron chi connectivity index (χ4n) is 2.61. The molecule has 1 atom stereocenters. The van der Waals surface area contributed by atoms with Crippen molar-refractivity contribution in [1.29, 1.82) is 5.41 Å². The average Bonchev–Trinajstić information content (AvgIpc) is 2.53. The first-order valence-corrected chi connectivity index (χ1v) is 6.73. The van der Waals surface area contributed by atoms with Crippen LogP contribution in [0.15, 0.2) is 0 Å². The lowest BCUT2D eigenvalue weighted by Crippen LogP contribution is -2.40. The maximum absolute atomic E-state index is 7.48. The summed E-state index contributed by atoms with van der Waals surface area (Å²) >= 11 is 0. The Kier molecular flexibility index (Phi) is 5.81. The molecule has 0 bridgehead atoms. The van der Waals surface area contributed by atoms with Crippen molar-refractivity contribution >= 4 is 5.84 Å². The van der Waals surface area contributed by atoms with Gasteiger partial charge in [-0.25, -0.2) is 0 Å². The first-order valence-electron chi connectivity index (χ1n) is 6.73. The van der Waals surface area contributed by atoms with E-state index in [1.54, 1.807) is 0 Å². The molecule has 0 spiro atoms. The minimum absolute atomic E-state index is 0.197. The molecule has 94 valence electrons. The summed E-state index contributed by atoms with van der Waals surface area (Å²) in [5, 5.41) is 7.48. The van der Waals surface area contributed by atoms with Gasteiger partial charge in [0, 0.05) is 18.5 Å².